The summed E-state index contributed by atoms with van der Waals surface area (Å²) < 4.78 is 0. The lowest BCUT2D eigenvalue weighted by Gasteiger charge is -2.11. The molecule has 2 aromatic rings. The number of amides is 1. The average Bonchev–Trinajstić information content (AvgIpc) is 2.46. The summed E-state index contributed by atoms with van der Waals surface area (Å²) in [5, 5.41) is 10.3. The first-order chi connectivity index (χ1) is 9.56. The van der Waals surface area contributed by atoms with Crippen molar-refractivity contribution in [3.63, 3.8) is 0 Å². The zero-order valence-corrected chi connectivity index (χ0v) is 11.1. The van der Waals surface area contributed by atoms with Crippen LogP contribution < -0.4 is 5.73 Å². The van der Waals surface area contributed by atoms with E-state index in [2.05, 4.69) is 0 Å². The molecule has 20 heavy (non-hydrogen) atoms. The van der Waals surface area contributed by atoms with E-state index in [1.807, 2.05) is 0 Å². The van der Waals surface area contributed by atoms with Crippen LogP contribution in [0.25, 0.3) is 11.1 Å². The van der Waals surface area contributed by atoms with E-state index in [9.17, 15) is 14.7 Å². The number of benzene rings is 2. The van der Waals surface area contributed by atoms with Gasteiger partial charge in [-0.25, -0.2) is 0 Å². The number of ketones is 1. The molecule has 0 aliphatic carbocycles. The second kappa shape index (κ2) is 5.57. The van der Waals surface area contributed by atoms with E-state index in [1.54, 1.807) is 49.4 Å². The number of para-hydroxylation sites is 1. The molecular formula is C16H15NO3. The van der Waals surface area contributed by atoms with Crippen LogP contribution in [0.3, 0.4) is 0 Å². The predicted molar refractivity (Wildman–Crippen MR) is 76.7 cm³/mol. The molecule has 0 spiro atoms. The Bertz CT molecular complexity index is 677. The second-order valence-electron chi connectivity index (χ2n) is 4.39. The highest BCUT2D eigenvalue weighted by atomic mass is 16.3. The zero-order valence-electron chi connectivity index (χ0n) is 11.1. The molecule has 0 aliphatic heterocycles. The molecule has 0 radical (unpaired) electrons. The minimum absolute atomic E-state index is 0.118. The molecule has 102 valence electrons. The van der Waals surface area contributed by atoms with Crippen LogP contribution in [0.15, 0.2) is 42.5 Å². The lowest BCUT2D eigenvalue weighted by molar-refractivity contribution is 0.0982. The Hall–Kier alpha value is -2.62. The van der Waals surface area contributed by atoms with Crippen molar-refractivity contribution in [1.29, 1.82) is 0 Å². The Balaban J connectivity index is 2.66. The molecule has 4 heteroatoms. The molecule has 0 aromatic heterocycles. The van der Waals surface area contributed by atoms with Crippen LogP contribution in [-0.4, -0.2) is 16.8 Å². The summed E-state index contributed by atoms with van der Waals surface area (Å²) in [7, 11) is 0. The molecule has 2 aromatic carbocycles. The van der Waals surface area contributed by atoms with Crippen molar-refractivity contribution < 1.29 is 14.7 Å². The summed E-state index contributed by atoms with van der Waals surface area (Å²) in [4.78, 5) is 23.2. The fourth-order valence-electron chi connectivity index (χ4n) is 2.11. The number of carbonyl (C=O) groups is 2. The smallest absolute Gasteiger partial charge is 0.249 e. The van der Waals surface area contributed by atoms with E-state index in [4.69, 9.17) is 5.73 Å². The maximum Gasteiger partial charge on any atom is 0.249 e. The summed E-state index contributed by atoms with van der Waals surface area (Å²) in [6.45, 7) is 1.73. The van der Waals surface area contributed by atoms with Crippen molar-refractivity contribution in [2.75, 3.05) is 0 Å². The normalized spacial score (nSPS) is 10.2. The van der Waals surface area contributed by atoms with E-state index >= 15 is 0 Å². The van der Waals surface area contributed by atoms with Gasteiger partial charge in [-0.3, -0.25) is 9.59 Å². The Morgan fingerprint density at radius 3 is 2.25 bits per heavy atom. The number of phenols is 1. The maximum atomic E-state index is 11.8. The second-order valence-corrected chi connectivity index (χ2v) is 4.39. The van der Waals surface area contributed by atoms with E-state index < -0.39 is 5.91 Å². The number of hydrogen-bond donors (Lipinski definition) is 2. The van der Waals surface area contributed by atoms with Gasteiger partial charge in [0, 0.05) is 17.5 Å². The number of carbonyl (C=O) groups excluding carboxylic acids is 2. The molecule has 0 unspecified atom stereocenters. The first kappa shape index (κ1) is 13.8. The standard InChI is InChI=1S/C16H15NO3/c1-2-14(18)13-9-5-8-11(15(13)19)10-6-3-4-7-12(10)16(17)20/h3-9,19H,2H2,1H3,(H2,17,20). The van der Waals surface area contributed by atoms with Gasteiger partial charge >= 0.3 is 0 Å². The van der Waals surface area contributed by atoms with Crippen LogP contribution >= 0.6 is 0 Å². The van der Waals surface area contributed by atoms with Crippen LogP contribution in [-0.2, 0) is 0 Å². The minimum atomic E-state index is -0.577. The van der Waals surface area contributed by atoms with Gasteiger partial charge in [0.25, 0.3) is 0 Å². The van der Waals surface area contributed by atoms with E-state index in [0.29, 0.717) is 23.1 Å². The summed E-state index contributed by atoms with van der Waals surface area (Å²) in [5.74, 6) is -0.846. The van der Waals surface area contributed by atoms with Crippen molar-refractivity contribution >= 4 is 11.7 Å². The van der Waals surface area contributed by atoms with Crippen LogP contribution in [0.2, 0.25) is 0 Å². The van der Waals surface area contributed by atoms with Gasteiger partial charge < -0.3 is 10.8 Å². The molecule has 0 fully saturated rings. The van der Waals surface area contributed by atoms with Crippen molar-refractivity contribution in [2.45, 2.75) is 13.3 Å². The maximum absolute atomic E-state index is 11.8. The quantitative estimate of drug-likeness (QED) is 0.837. The lowest BCUT2D eigenvalue weighted by Crippen LogP contribution is -2.12. The molecule has 3 N–H and O–H groups in total. The number of primary amides is 1. The predicted octanol–water partition coefficient (Wildman–Crippen LogP) is 2.75. The van der Waals surface area contributed by atoms with Crippen LogP contribution in [0.4, 0.5) is 0 Å². The molecule has 0 aliphatic rings. The molecule has 2 rings (SSSR count). The van der Waals surface area contributed by atoms with Gasteiger partial charge in [-0.1, -0.05) is 37.3 Å². The highest BCUT2D eigenvalue weighted by molar-refractivity contribution is 6.04. The third-order valence-electron chi connectivity index (χ3n) is 3.14. The molecule has 0 saturated heterocycles. The SMILES string of the molecule is CCC(=O)c1cccc(-c2ccccc2C(N)=O)c1O. The molecule has 4 nitrogen and oxygen atoms in total. The topological polar surface area (TPSA) is 80.4 Å². The van der Waals surface area contributed by atoms with Gasteiger partial charge in [0.1, 0.15) is 5.75 Å². The first-order valence-electron chi connectivity index (χ1n) is 6.30. The van der Waals surface area contributed by atoms with Crippen LogP contribution in [0, 0.1) is 0 Å². The lowest BCUT2D eigenvalue weighted by atomic mass is 9.95. The van der Waals surface area contributed by atoms with E-state index in [0.717, 1.165) is 0 Å². The zero-order chi connectivity index (χ0) is 14.7. The number of nitrogens with two attached hydrogens (primary N) is 1. The monoisotopic (exact) mass is 269 g/mol. The van der Waals surface area contributed by atoms with Crippen LogP contribution in [0.1, 0.15) is 34.1 Å². The van der Waals surface area contributed by atoms with Gasteiger partial charge in [0.15, 0.2) is 5.78 Å². The summed E-state index contributed by atoms with van der Waals surface area (Å²) in [6.07, 6.45) is 0.300. The van der Waals surface area contributed by atoms with Crippen molar-refractivity contribution in [1.82, 2.24) is 0 Å². The molecule has 1 amide bonds. The van der Waals surface area contributed by atoms with Crippen molar-refractivity contribution in [2.24, 2.45) is 5.73 Å². The molecule has 0 atom stereocenters. The molecule has 0 heterocycles. The van der Waals surface area contributed by atoms with Crippen molar-refractivity contribution in [3.05, 3.63) is 53.6 Å². The molecular weight excluding hydrogens is 254 g/mol. The Labute approximate surface area is 116 Å². The van der Waals surface area contributed by atoms with E-state index in [1.165, 1.54) is 0 Å². The number of hydrogen-bond acceptors (Lipinski definition) is 3. The number of aromatic hydroxyl groups is 1. The highest BCUT2D eigenvalue weighted by Gasteiger charge is 2.17. The third-order valence-corrected chi connectivity index (χ3v) is 3.14. The van der Waals surface area contributed by atoms with Gasteiger partial charge in [-0.05, 0) is 17.7 Å². The number of rotatable bonds is 4. The summed E-state index contributed by atoms with van der Waals surface area (Å²) in [6, 6.07) is 11.6. The number of phenolic OH excluding ortho intramolecular Hbond substituents is 1. The average molecular weight is 269 g/mol. The van der Waals surface area contributed by atoms with Gasteiger partial charge in [0.05, 0.1) is 5.56 Å². The fourth-order valence-corrected chi connectivity index (χ4v) is 2.11. The Morgan fingerprint density at radius 1 is 1.00 bits per heavy atom. The fraction of sp³-hybridized carbons (Fsp3) is 0.125. The van der Waals surface area contributed by atoms with Gasteiger partial charge in [-0.2, -0.15) is 0 Å². The largest absolute Gasteiger partial charge is 0.507 e. The Kier molecular flexibility index (Phi) is 3.84. The first-order valence-corrected chi connectivity index (χ1v) is 6.30. The summed E-state index contributed by atoms with van der Waals surface area (Å²) in [5.41, 5.74) is 6.85. The van der Waals surface area contributed by atoms with E-state index in [-0.39, 0.29) is 17.1 Å². The van der Waals surface area contributed by atoms with Gasteiger partial charge in [-0.15, -0.1) is 0 Å². The number of Topliss-reactive ketones (excluding diaryl/α,β-unsaturated/α-hetero) is 1. The van der Waals surface area contributed by atoms with Crippen molar-refractivity contribution in [3.8, 4) is 16.9 Å². The third kappa shape index (κ3) is 2.40. The summed E-state index contributed by atoms with van der Waals surface area (Å²) >= 11 is 0. The Morgan fingerprint density at radius 2 is 1.60 bits per heavy atom. The van der Waals surface area contributed by atoms with Crippen LogP contribution in [0.5, 0.6) is 5.75 Å². The molecule has 0 bridgehead atoms. The highest BCUT2D eigenvalue weighted by Crippen LogP contribution is 2.34. The minimum Gasteiger partial charge on any atom is -0.507 e. The molecule has 0 saturated carbocycles. The van der Waals surface area contributed by atoms with Gasteiger partial charge in [0.2, 0.25) is 5.91 Å².